The molecule has 0 saturated heterocycles. The molecule has 0 radical (unpaired) electrons. The molecule has 0 aliphatic carbocycles. The summed E-state index contributed by atoms with van der Waals surface area (Å²) < 4.78 is 6.01. The SMILES string of the molecule is CN=C(NC)NCc1ccc(C)cc1OC(C)(C)C. The zero-order valence-corrected chi connectivity index (χ0v) is 12.8. The van der Waals surface area contributed by atoms with Crippen LogP contribution in [0.5, 0.6) is 5.75 Å². The Kier molecular flexibility index (Phi) is 5.21. The lowest BCUT2D eigenvalue weighted by Gasteiger charge is -2.24. The van der Waals surface area contributed by atoms with Gasteiger partial charge in [0.1, 0.15) is 11.4 Å². The van der Waals surface area contributed by atoms with Crippen molar-refractivity contribution in [2.75, 3.05) is 14.1 Å². The molecule has 0 amide bonds. The number of nitrogens with one attached hydrogen (secondary N) is 2. The molecule has 0 aliphatic rings. The average molecular weight is 263 g/mol. The molecule has 1 rings (SSSR count). The number of aryl methyl sites for hydroxylation is 1. The first-order valence-electron chi connectivity index (χ1n) is 6.52. The van der Waals surface area contributed by atoms with Crippen LogP contribution in [0.2, 0.25) is 0 Å². The molecule has 4 nitrogen and oxygen atoms in total. The molecule has 0 bridgehead atoms. The van der Waals surface area contributed by atoms with Crippen LogP contribution in [0.3, 0.4) is 0 Å². The molecule has 19 heavy (non-hydrogen) atoms. The third-order valence-electron chi connectivity index (χ3n) is 2.55. The second-order valence-electron chi connectivity index (χ2n) is 5.50. The Balaban J connectivity index is 2.88. The number of benzene rings is 1. The minimum Gasteiger partial charge on any atom is -0.488 e. The maximum absolute atomic E-state index is 6.01. The highest BCUT2D eigenvalue weighted by Crippen LogP contribution is 2.24. The predicted octanol–water partition coefficient (Wildman–Crippen LogP) is 2.47. The minimum atomic E-state index is -0.201. The average Bonchev–Trinajstić information content (AvgIpc) is 2.30. The Morgan fingerprint density at radius 2 is 2.00 bits per heavy atom. The van der Waals surface area contributed by atoms with E-state index in [4.69, 9.17) is 4.74 Å². The molecule has 0 heterocycles. The fraction of sp³-hybridized carbons (Fsp3) is 0.533. The topological polar surface area (TPSA) is 45.7 Å². The quantitative estimate of drug-likeness (QED) is 0.650. The third kappa shape index (κ3) is 5.20. The van der Waals surface area contributed by atoms with Gasteiger partial charge < -0.3 is 15.4 Å². The number of hydrogen-bond acceptors (Lipinski definition) is 2. The standard InChI is InChI=1S/C15H25N3O/c1-11-7-8-12(10-18-14(16-5)17-6)13(9-11)19-15(2,3)4/h7-9H,10H2,1-6H3,(H2,16,17,18). The van der Waals surface area contributed by atoms with Crippen molar-refractivity contribution in [1.82, 2.24) is 10.6 Å². The molecular weight excluding hydrogens is 238 g/mol. The number of aliphatic imine (C=N–C) groups is 1. The smallest absolute Gasteiger partial charge is 0.190 e. The largest absolute Gasteiger partial charge is 0.488 e. The molecule has 1 aromatic carbocycles. The summed E-state index contributed by atoms with van der Waals surface area (Å²) in [5, 5.41) is 6.24. The molecule has 0 aromatic heterocycles. The van der Waals surface area contributed by atoms with Gasteiger partial charge in [0, 0.05) is 26.2 Å². The van der Waals surface area contributed by atoms with Gasteiger partial charge >= 0.3 is 0 Å². The molecule has 2 N–H and O–H groups in total. The van der Waals surface area contributed by atoms with Crippen molar-refractivity contribution in [2.24, 2.45) is 4.99 Å². The number of guanidine groups is 1. The summed E-state index contributed by atoms with van der Waals surface area (Å²) in [6.07, 6.45) is 0. The summed E-state index contributed by atoms with van der Waals surface area (Å²) in [6.45, 7) is 8.91. The van der Waals surface area contributed by atoms with E-state index >= 15 is 0 Å². The summed E-state index contributed by atoms with van der Waals surface area (Å²) in [5.41, 5.74) is 2.12. The summed E-state index contributed by atoms with van der Waals surface area (Å²) >= 11 is 0. The first-order chi connectivity index (χ1) is 8.85. The van der Waals surface area contributed by atoms with Gasteiger partial charge in [-0.2, -0.15) is 0 Å². The van der Waals surface area contributed by atoms with E-state index in [1.54, 1.807) is 7.05 Å². The van der Waals surface area contributed by atoms with Gasteiger partial charge in [-0.1, -0.05) is 12.1 Å². The monoisotopic (exact) mass is 263 g/mol. The highest BCUT2D eigenvalue weighted by molar-refractivity contribution is 5.79. The van der Waals surface area contributed by atoms with Crippen molar-refractivity contribution in [3.8, 4) is 5.75 Å². The number of hydrogen-bond donors (Lipinski definition) is 2. The van der Waals surface area contributed by atoms with Crippen molar-refractivity contribution in [3.05, 3.63) is 29.3 Å². The summed E-state index contributed by atoms with van der Waals surface area (Å²) in [5.74, 6) is 1.69. The van der Waals surface area contributed by atoms with Gasteiger partial charge in [0.05, 0.1) is 0 Å². The highest BCUT2D eigenvalue weighted by Gasteiger charge is 2.14. The van der Waals surface area contributed by atoms with Crippen LogP contribution in [0.25, 0.3) is 0 Å². The van der Waals surface area contributed by atoms with Crippen LogP contribution >= 0.6 is 0 Å². The van der Waals surface area contributed by atoms with Gasteiger partial charge in [-0.25, -0.2) is 0 Å². The highest BCUT2D eigenvalue weighted by atomic mass is 16.5. The van der Waals surface area contributed by atoms with Crippen LogP contribution in [0.1, 0.15) is 31.9 Å². The van der Waals surface area contributed by atoms with E-state index in [1.165, 1.54) is 5.56 Å². The molecule has 1 aromatic rings. The molecule has 0 spiro atoms. The van der Waals surface area contributed by atoms with Gasteiger partial charge in [-0.3, -0.25) is 4.99 Å². The van der Waals surface area contributed by atoms with Crippen LogP contribution in [-0.4, -0.2) is 25.7 Å². The number of ether oxygens (including phenoxy) is 1. The number of rotatable bonds is 3. The van der Waals surface area contributed by atoms with Gasteiger partial charge in [0.25, 0.3) is 0 Å². The molecule has 0 aliphatic heterocycles. The first-order valence-corrected chi connectivity index (χ1v) is 6.52. The first kappa shape index (κ1) is 15.3. The maximum atomic E-state index is 6.01. The minimum absolute atomic E-state index is 0.201. The summed E-state index contributed by atoms with van der Waals surface area (Å²) in [6, 6.07) is 6.26. The maximum Gasteiger partial charge on any atom is 0.190 e. The van der Waals surface area contributed by atoms with E-state index in [1.807, 2.05) is 7.05 Å². The molecular formula is C15H25N3O. The molecule has 4 heteroatoms. The Bertz CT molecular complexity index is 447. The van der Waals surface area contributed by atoms with Crippen molar-refractivity contribution in [2.45, 2.75) is 39.8 Å². The summed E-state index contributed by atoms with van der Waals surface area (Å²) in [4.78, 5) is 4.10. The fourth-order valence-electron chi connectivity index (χ4n) is 1.69. The van der Waals surface area contributed by atoms with Crippen molar-refractivity contribution < 1.29 is 4.74 Å². The Hall–Kier alpha value is -1.71. The molecule has 106 valence electrons. The van der Waals surface area contributed by atoms with Crippen LogP contribution in [-0.2, 0) is 6.54 Å². The predicted molar refractivity (Wildman–Crippen MR) is 80.8 cm³/mol. The zero-order valence-electron chi connectivity index (χ0n) is 12.8. The van der Waals surface area contributed by atoms with Gasteiger partial charge in [-0.15, -0.1) is 0 Å². The van der Waals surface area contributed by atoms with Crippen molar-refractivity contribution in [3.63, 3.8) is 0 Å². The Labute approximate surface area is 116 Å². The van der Waals surface area contributed by atoms with Gasteiger partial charge in [0.2, 0.25) is 0 Å². The Morgan fingerprint density at radius 3 is 2.53 bits per heavy atom. The molecule has 0 saturated carbocycles. The summed E-state index contributed by atoms with van der Waals surface area (Å²) in [7, 11) is 3.59. The third-order valence-corrected chi connectivity index (χ3v) is 2.55. The zero-order chi connectivity index (χ0) is 14.5. The second-order valence-corrected chi connectivity index (χ2v) is 5.50. The molecule has 0 unspecified atom stereocenters. The molecule has 0 fully saturated rings. The lowest BCUT2D eigenvalue weighted by Crippen LogP contribution is -2.34. The fourth-order valence-corrected chi connectivity index (χ4v) is 1.69. The van der Waals surface area contributed by atoms with E-state index in [2.05, 4.69) is 61.5 Å². The van der Waals surface area contributed by atoms with Crippen LogP contribution in [0.15, 0.2) is 23.2 Å². The van der Waals surface area contributed by atoms with Crippen LogP contribution in [0, 0.1) is 6.92 Å². The van der Waals surface area contributed by atoms with E-state index in [9.17, 15) is 0 Å². The van der Waals surface area contributed by atoms with Crippen LogP contribution in [0.4, 0.5) is 0 Å². The molecule has 0 atom stereocenters. The van der Waals surface area contributed by atoms with E-state index in [0.717, 1.165) is 17.3 Å². The van der Waals surface area contributed by atoms with E-state index in [0.29, 0.717) is 6.54 Å². The van der Waals surface area contributed by atoms with Crippen LogP contribution < -0.4 is 15.4 Å². The van der Waals surface area contributed by atoms with Gasteiger partial charge in [0.15, 0.2) is 5.96 Å². The van der Waals surface area contributed by atoms with E-state index in [-0.39, 0.29) is 5.60 Å². The van der Waals surface area contributed by atoms with E-state index < -0.39 is 0 Å². The Morgan fingerprint density at radius 1 is 1.32 bits per heavy atom. The lowest BCUT2D eigenvalue weighted by molar-refractivity contribution is 0.129. The van der Waals surface area contributed by atoms with Crippen molar-refractivity contribution >= 4 is 5.96 Å². The van der Waals surface area contributed by atoms with Gasteiger partial charge in [-0.05, 0) is 39.3 Å². The van der Waals surface area contributed by atoms with Crippen molar-refractivity contribution in [1.29, 1.82) is 0 Å². The number of nitrogens with zero attached hydrogens (tertiary/aromatic N) is 1. The second kappa shape index (κ2) is 6.45. The lowest BCUT2D eigenvalue weighted by atomic mass is 10.1. The normalized spacial score (nSPS) is 12.2.